The normalized spacial score (nSPS) is 10.4. The molecule has 9 nitrogen and oxygen atoms in total. The molecule has 0 aliphatic carbocycles. The molecule has 10 heteroatoms. The molecule has 29 heavy (non-hydrogen) atoms. The average molecular weight is 412 g/mol. The van der Waals surface area contributed by atoms with Gasteiger partial charge in [-0.3, -0.25) is 10.1 Å². The van der Waals surface area contributed by atoms with E-state index in [0.717, 1.165) is 28.6 Å². The maximum Gasteiger partial charge on any atom is 0.325 e. The van der Waals surface area contributed by atoms with Crippen LogP contribution < -0.4 is 15.4 Å². The molecule has 0 saturated heterocycles. The van der Waals surface area contributed by atoms with Gasteiger partial charge in [0, 0.05) is 5.69 Å². The summed E-state index contributed by atoms with van der Waals surface area (Å²) in [5.41, 5.74) is 3.52. The van der Waals surface area contributed by atoms with Gasteiger partial charge in [0.15, 0.2) is 0 Å². The van der Waals surface area contributed by atoms with Crippen LogP contribution >= 0.6 is 11.8 Å². The molecule has 3 aromatic rings. The molecule has 3 amide bonds. The Balaban J connectivity index is 1.55. The van der Waals surface area contributed by atoms with Crippen molar-refractivity contribution in [3.8, 4) is 11.4 Å². The number of hydrogen-bond donors (Lipinski definition) is 2. The number of aryl methyl sites for hydroxylation is 2. The first kappa shape index (κ1) is 20.3. The third kappa shape index (κ3) is 5.32. The summed E-state index contributed by atoms with van der Waals surface area (Å²) in [6, 6.07) is 12.1. The predicted octanol–water partition coefficient (Wildman–Crippen LogP) is 2.73. The fourth-order valence-electron chi connectivity index (χ4n) is 2.43. The van der Waals surface area contributed by atoms with Crippen LogP contribution in [0, 0.1) is 13.8 Å². The summed E-state index contributed by atoms with van der Waals surface area (Å²) in [4.78, 5) is 24.1. The van der Waals surface area contributed by atoms with Crippen LogP contribution in [0.4, 0.5) is 10.5 Å². The Morgan fingerprint density at radius 2 is 1.86 bits per heavy atom. The Bertz CT molecular complexity index is 1020. The van der Waals surface area contributed by atoms with Gasteiger partial charge < -0.3 is 10.1 Å². The van der Waals surface area contributed by atoms with Gasteiger partial charge >= 0.3 is 6.03 Å². The minimum Gasteiger partial charge on any atom is -0.497 e. The molecule has 0 aliphatic heterocycles. The SMILES string of the molecule is COc1ccc(-n2nnnc2SCC(=O)NC(=O)Nc2ccc(C)c(C)c2)cc1. The van der Waals surface area contributed by atoms with Crippen LogP contribution in [0.15, 0.2) is 47.6 Å². The van der Waals surface area contributed by atoms with Crippen molar-refractivity contribution in [3.05, 3.63) is 53.6 Å². The summed E-state index contributed by atoms with van der Waals surface area (Å²) < 4.78 is 6.64. The monoisotopic (exact) mass is 412 g/mol. The van der Waals surface area contributed by atoms with E-state index >= 15 is 0 Å². The number of tetrazole rings is 1. The van der Waals surface area contributed by atoms with Crippen LogP contribution in [-0.2, 0) is 4.79 Å². The Morgan fingerprint density at radius 1 is 1.10 bits per heavy atom. The second kappa shape index (κ2) is 9.20. The Labute approximate surface area is 171 Å². The Morgan fingerprint density at radius 3 is 2.55 bits per heavy atom. The van der Waals surface area contributed by atoms with Crippen molar-refractivity contribution in [2.75, 3.05) is 18.2 Å². The fourth-order valence-corrected chi connectivity index (χ4v) is 3.12. The van der Waals surface area contributed by atoms with Crippen LogP contribution in [0.1, 0.15) is 11.1 Å². The number of benzene rings is 2. The number of thioether (sulfide) groups is 1. The second-order valence-electron chi connectivity index (χ2n) is 6.16. The summed E-state index contributed by atoms with van der Waals surface area (Å²) >= 11 is 1.12. The quantitative estimate of drug-likeness (QED) is 0.599. The number of rotatable bonds is 6. The topological polar surface area (TPSA) is 111 Å². The van der Waals surface area contributed by atoms with E-state index in [0.29, 0.717) is 16.6 Å². The van der Waals surface area contributed by atoms with E-state index in [4.69, 9.17) is 4.74 Å². The van der Waals surface area contributed by atoms with E-state index in [-0.39, 0.29) is 5.75 Å². The molecule has 1 heterocycles. The number of urea groups is 1. The van der Waals surface area contributed by atoms with Gasteiger partial charge in [-0.25, -0.2) is 4.79 Å². The fraction of sp³-hybridized carbons (Fsp3) is 0.211. The van der Waals surface area contributed by atoms with Crippen molar-refractivity contribution in [2.45, 2.75) is 19.0 Å². The molecule has 0 aliphatic rings. The number of methoxy groups -OCH3 is 1. The van der Waals surface area contributed by atoms with E-state index in [1.165, 1.54) is 4.68 Å². The lowest BCUT2D eigenvalue weighted by molar-refractivity contribution is -0.117. The number of imide groups is 1. The first-order valence-electron chi connectivity index (χ1n) is 8.70. The van der Waals surface area contributed by atoms with Gasteiger partial charge in [-0.15, -0.1) is 5.10 Å². The van der Waals surface area contributed by atoms with Gasteiger partial charge in [-0.05, 0) is 71.8 Å². The van der Waals surface area contributed by atoms with Crippen molar-refractivity contribution >= 4 is 29.4 Å². The number of amides is 3. The molecule has 0 radical (unpaired) electrons. The standard InChI is InChI=1S/C19H20N6O3S/c1-12-4-5-14(10-13(12)2)20-18(27)21-17(26)11-29-19-22-23-24-25(19)15-6-8-16(28-3)9-7-15/h4-10H,11H2,1-3H3,(H2,20,21,26,27). The van der Waals surface area contributed by atoms with Crippen LogP contribution in [0.25, 0.3) is 5.69 Å². The molecule has 0 atom stereocenters. The summed E-state index contributed by atoms with van der Waals surface area (Å²) in [5.74, 6) is 0.238. The molecular weight excluding hydrogens is 392 g/mol. The van der Waals surface area contributed by atoms with Gasteiger partial charge in [0.1, 0.15) is 5.75 Å². The number of carbonyl (C=O) groups is 2. The first-order chi connectivity index (χ1) is 14.0. The summed E-state index contributed by atoms with van der Waals surface area (Å²) in [5, 5.41) is 16.9. The molecule has 0 bridgehead atoms. The molecule has 2 aromatic carbocycles. The highest BCUT2D eigenvalue weighted by atomic mass is 32.2. The Hall–Kier alpha value is -3.40. The molecule has 3 rings (SSSR count). The zero-order valence-corrected chi connectivity index (χ0v) is 17.0. The molecule has 0 fully saturated rings. The molecule has 150 valence electrons. The number of aromatic nitrogens is 4. The molecule has 1 aromatic heterocycles. The number of anilines is 1. The molecular formula is C19H20N6O3S. The maximum absolute atomic E-state index is 12.1. The van der Waals surface area contributed by atoms with Gasteiger partial charge in [0.2, 0.25) is 11.1 Å². The van der Waals surface area contributed by atoms with Gasteiger partial charge in [-0.2, -0.15) is 4.68 Å². The van der Waals surface area contributed by atoms with Crippen LogP contribution in [0.5, 0.6) is 5.75 Å². The lowest BCUT2D eigenvalue weighted by Gasteiger charge is -2.08. The zero-order valence-electron chi connectivity index (χ0n) is 16.2. The van der Waals surface area contributed by atoms with Crippen molar-refractivity contribution in [1.82, 2.24) is 25.5 Å². The minimum atomic E-state index is -0.589. The third-order valence-electron chi connectivity index (χ3n) is 4.11. The maximum atomic E-state index is 12.1. The smallest absolute Gasteiger partial charge is 0.325 e. The summed E-state index contributed by atoms with van der Waals surface area (Å²) in [6.45, 7) is 3.94. The van der Waals surface area contributed by atoms with E-state index in [9.17, 15) is 9.59 Å². The third-order valence-corrected chi connectivity index (χ3v) is 5.03. The lowest BCUT2D eigenvalue weighted by Crippen LogP contribution is -2.35. The van der Waals surface area contributed by atoms with Crippen LogP contribution in [-0.4, -0.2) is 45.0 Å². The van der Waals surface area contributed by atoms with E-state index in [1.54, 1.807) is 37.4 Å². The molecule has 2 N–H and O–H groups in total. The van der Waals surface area contributed by atoms with Crippen LogP contribution in [0.2, 0.25) is 0 Å². The van der Waals surface area contributed by atoms with E-state index < -0.39 is 11.9 Å². The van der Waals surface area contributed by atoms with Gasteiger partial charge in [0.25, 0.3) is 0 Å². The number of nitrogens with one attached hydrogen (secondary N) is 2. The van der Waals surface area contributed by atoms with Crippen LogP contribution in [0.3, 0.4) is 0 Å². The number of nitrogens with zero attached hydrogens (tertiary/aromatic N) is 4. The number of carbonyl (C=O) groups excluding carboxylic acids is 2. The van der Waals surface area contributed by atoms with E-state index in [1.807, 2.05) is 26.0 Å². The second-order valence-corrected chi connectivity index (χ2v) is 7.10. The minimum absolute atomic E-state index is 0.0170. The molecule has 0 saturated carbocycles. The van der Waals surface area contributed by atoms with Crippen molar-refractivity contribution in [1.29, 1.82) is 0 Å². The van der Waals surface area contributed by atoms with E-state index in [2.05, 4.69) is 26.2 Å². The van der Waals surface area contributed by atoms with Gasteiger partial charge in [-0.1, -0.05) is 17.8 Å². The summed E-state index contributed by atoms with van der Waals surface area (Å²) in [6.07, 6.45) is 0. The number of hydrogen-bond acceptors (Lipinski definition) is 7. The molecule has 0 unspecified atom stereocenters. The Kier molecular flexibility index (Phi) is 6.45. The largest absolute Gasteiger partial charge is 0.497 e. The zero-order chi connectivity index (χ0) is 20.8. The van der Waals surface area contributed by atoms with Crippen molar-refractivity contribution in [3.63, 3.8) is 0 Å². The first-order valence-corrected chi connectivity index (χ1v) is 9.68. The predicted molar refractivity (Wildman–Crippen MR) is 110 cm³/mol. The summed E-state index contributed by atoms with van der Waals surface area (Å²) in [7, 11) is 1.59. The lowest BCUT2D eigenvalue weighted by atomic mass is 10.1. The van der Waals surface area contributed by atoms with Crippen molar-refractivity contribution in [2.24, 2.45) is 0 Å². The van der Waals surface area contributed by atoms with Gasteiger partial charge in [0.05, 0.1) is 18.6 Å². The number of ether oxygens (including phenoxy) is 1. The highest BCUT2D eigenvalue weighted by molar-refractivity contribution is 7.99. The highest BCUT2D eigenvalue weighted by Gasteiger charge is 2.14. The average Bonchev–Trinajstić information content (AvgIpc) is 3.18. The van der Waals surface area contributed by atoms with Crippen molar-refractivity contribution < 1.29 is 14.3 Å². The highest BCUT2D eigenvalue weighted by Crippen LogP contribution is 2.20. The molecule has 0 spiro atoms.